The lowest BCUT2D eigenvalue weighted by molar-refractivity contribution is -0.0511. The number of hydrogen-bond acceptors (Lipinski definition) is 8. The molecule has 10 heteroatoms. The second-order valence-electron chi connectivity index (χ2n) is 4.92. The van der Waals surface area contributed by atoms with Gasteiger partial charge < -0.3 is 25.4 Å². The lowest BCUT2D eigenvalue weighted by atomic mass is 10.1. The van der Waals surface area contributed by atoms with Crippen molar-refractivity contribution in [3.8, 4) is 0 Å². The van der Waals surface area contributed by atoms with E-state index < -0.39 is 24.5 Å². The first kappa shape index (κ1) is 15.8. The Morgan fingerprint density at radius 3 is 2.77 bits per heavy atom. The number of fused-ring (bicyclic) bond motifs is 1. The van der Waals surface area contributed by atoms with Gasteiger partial charge in [-0.05, 0) is 6.92 Å². The van der Waals surface area contributed by atoms with Crippen LogP contribution in [-0.2, 0) is 4.74 Å². The largest absolute Gasteiger partial charge is 0.394 e. The molecule has 4 N–H and O–H groups in total. The lowest BCUT2D eigenvalue weighted by Crippen LogP contribution is -2.33. The predicted octanol–water partition coefficient (Wildman–Crippen LogP) is -0.526. The van der Waals surface area contributed by atoms with Crippen LogP contribution < -0.4 is 5.32 Å². The average molecular weight is 421 g/mol. The highest BCUT2D eigenvalue weighted by molar-refractivity contribution is 14.1. The number of rotatable bonds is 4. The van der Waals surface area contributed by atoms with Gasteiger partial charge in [-0.3, -0.25) is 4.57 Å². The molecular formula is C12H16IN5O4. The van der Waals surface area contributed by atoms with Crippen molar-refractivity contribution in [3.63, 3.8) is 0 Å². The van der Waals surface area contributed by atoms with Crippen molar-refractivity contribution in [2.24, 2.45) is 0 Å². The summed E-state index contributed by atoms with van der Waals surface area (Å²) in [6.45, 7) is 2.25. The monoisotopic (exact) mass is 421 g/mol. The summed E-state index contributed by atoms with van der Waals surface area (Å²) in [5.74, 6) is 0.599. The van der Waals surface area contributed by atoms with Crippen molar-refractivity contribution in [1.82, 2.24) is 19.5 Å². The highest BCUT2D eigenvalue weighted by Gasteiger charge is 2.44. The average Bonchev–Trinajstić information content (AvgIpc) is 3.02. The Bertz CT molecular complexity index is 681. The molecule has 1 aliphatic rings. The molecule has 1 fully saturated rings. The Kier molecular flexibility index (Phi) is 4.45. The van der Waals surface area contributed by atoms with Gasteiger partial charge in [0.1, 0.15) is 18.3 Å². The molecule has 4 atom stereocenters. The number of nitrogens with zero attached hydrogens (tertiary/aromatic N) is 4. The number of ether oxygens (including phenoxy) is 1. The quantitative estimate of drug-likeness (QED) is 0.384. The van der Waals surface area contributed by atoms with Crippen LogP contribution in [0.15, 0.2) is 6.33 Å². The van der Waals surface area contributed by atoms with E-state index in [0.717, 1.165) is 0 Å². The topological polar surface area (TPSA) is 126 Å². The maximum atomic E-state index is 10.1. The molecule has 3 heterocycles. The fourth-order valence-corrected chi connectivity index (χ4v) is 2.95. The molecule has 0 radical (unpaired) electrons. The summed E-state index contributed by atoms with van der Waals surface area (Å²) in [5, 5.41) is 32.3. The summed E-state index contributed by atoms with van der Waals surface area (Å²) in [5.41, 5.74) is 1.05. The predicted molar refractivity (Wildman–Crippen MR) is 85.2 cm³/mol. The Balaban J connectivity index is 2.05. The van der Waals surface area contributed by atoms with E-state index in [1.807, 2.05) is 29.5 Å². The molecule has 0 saturated carbocycles. The van der Waals surface area contributed by atoms with Crippen molar-refractivity contribution >= 4 is 39.6 Å². The summed E-state index contributed by atoms with van der Waals surface area (Å²) < 4.78 is 7.58. The highest BCUT2D eigenvalue weighted by Crippen LogP contribution is 2.32. The Morgan fingerprint density at radius 2 is 2.14 bits per heavy atom. The third kappa shape index (κ3) is 2.54. The number of hydrogen-bond donors (Lipinski definition) is 4. The van der Waals surface area contributed by atoms with Gasteiger partial charge in [-0.1, -0.05) is 0 Å². The molecule has 0 spiro atoms. The summed E-state index contributed by atoms with van der Waals surface area (Å²) in [6, 6.07) is 0. The van der Waals surface area contributed by atoms with Gasteiger partial charge in [0.05, 0.1) is 12.9 Å². The number of aliphatic hydroxyl groups excluding tert-OH is 3. The fraction of sp³-hybridized carbons (Fsp3) is 0.583. The van der Waals surface area contributed by atoms with Crippen LogP contribution in [0.25, 0.3) is 11.2 Å². The number of aliphatic hydroxyl groups is 3. The second kappa shape index (κ2) is 6.20. The molecule has 0 unspecified atom stereocenters. The van der Waals surface area contributed by atoms with Gasteiger partial charge in [0.25, 0.3) is 0 Å². The highest BCUT2D eigenvalue weighted by atomic mass is 127. The Labute approximate surface area is 139 Å². The standard InChI is InChI=1S/C12H16IN5O4/c1-2-14-9-6-10(17-12(13)16-9)18(4-15-6)11-8(21)7(20)5(3-19)22-11/h4-5,7-8,11,19-21H,2-3H2,1H3,(H,14,16,17)/t5-,7-,8-,11-/m1/s1. The second-order valence-corrected chi connectivity index (χ2v) is 5.89. The van der Waals surface area contributed by atoms with Gasteiger partial charge in [0.2, 0.25) is 0 Å². The summed E-state index contributed by atoms with van der Waals surface area (Å²) in [6.07, 6.45) is -2.56. The smallest absolute Gasteiger partial charge is 0.194 e. The number of nitrogens with one attached hydrogen (secondary N) is 1. The number of halogens is 1. The van der Waals surface area contributed by atoms with E-state index in [9.17, 15) is 15.3 Å². The van der Waals surface area contributed by atoms with Crippen LogP contribution in [0.2, 0.25) is 0 Å². The molecule has 3 rings (SSSR count). The van der Waals surface area contributed by atoms with Gasteiger partial charge in [-0.2, -0.15) is 0 Å². The van der Waals surface area contributed by atoms with Crippen LogP contribution in [-0.4, -0.2) is 66.3 Å². The van der Waals surface area contributed by atoms with Gasteiger partial charge >= 0.3 is 0 Å². The summed E-state index contributed by atoms with van der Waals surface area (Å²) in [4.78, 5) is 12.9. The van der Waals surface area contributed by atoms with Crippen LogP contribution in [0, 0.1) is 3.83 Å². The zero-order chi connectivity index (χ0) is 15.9. The summed E-state index contributed by atoms with van der Waals surface area (Å²) >= 11 is 2.00. The summed E-state index contributed by atoms with van der Waals surface area (Å²) in [7, 11) is 0. The van der Waals surface area contributed by atoms with Crippen LogP contribution in [0.3, 0.4) is 0 Å². The van der Waals surface area contributed by atoms with E-state index in [-0.39, 0.29) is 6.61 Å². The van der Waals surface area contributed by atoms with E-state index in [4.69, 9.17) is 4.74 Å². The fourth-order valence-electron chi connectivity index (χ4n) is 2.48. The zero-order valence-electron chi connectivity index (χ0n) is 11.7. The Hall–Kier alpha value is -1.08. The van der Waals surface area contributed by atoms with Crippen LogP contribution in [0.4, 0.5) is 5.82 Å². The van der Waals surface area contributed by atoms with Gasteiger partial charge in [-0.25, -0.2) is 15.0 Å². The maximum absolute atomic E-state index is 10.1. The van der Waals surface area contributed by atoms with Crippen molar-refractivity contribution < 1.29 is 20.1 Å². The van der Waals surface area contributed by atoms with Gasteiger partial charge in [-0.15, -0.1) is 0 Å². The molecule has 0 aliphatic carbocycles. The minimum atomic E-state index is -1.18. The zero-order valence-corrected chi connectivity index (χ0v) is 13.9. The molecule has 2 aromatic rings. The minimum absolute atomic E-state index is 0.378. The van der Waals surface area contributed by atoms with E-state index in [1.54, 1.807) is 4.57 Å². The lowest BCUT2D eigenvalue weighted by Gasteiger charge is -2.16. The molecule has 22 heavy (non-hydrogen) atoms. The van der Waals surface area contributed by atoms with E-state index >= 15 is 0 Å². The molecule has 2 aromatic heterocycles. The molecule has 0 bridgehead atoms. The Morgan fingerprint density at radius 1 is 1.36 bits per heavy atom. The van der Waals surface area contributed by atoms with Crippen molar-refractivity contribution in [3.05, 3.63) is 10.2 Å². The van der Waals surface area contributed by atoms with Crippen LogP contribution in [0.5, 0.6) is 0 Å². The SMILES string of the molecule is CCNc1nc(I)nc2c1ncn2[C@@H]1O[C@H](CO)[C@@H](O)[C@H]1O. The number of aromatic nitrogens is 4. The number of imidazole rings is 1. The van der Waals surface area contributed by atoms with E-state index in [2.05, 4.69) is 20.3 Å². The van der Waals surface area contributed by atoms with E-state index in [0.29, 0.717) is 27.4 Å². The van der Waals surface area contributed by atoms with Crippen molar-refractivity contribution in [2.45, 2.75) is 31.5 Å². The number of anilines is 1. The first-order chi connectivity index (χ1) is 10.6. The first-order valence-corrected chi connectivity index (χ1v) is 7.91. The van der Waals surface area contributed by atoms with Gasteiger partial charge in [0, 0.05) is 29.1 Å². The molecule has 0 aromatic carbocycles. The normalized spacial score (nSPS) is 28.4. The van der Waals surface area contributed by atoms with Crippen LogP contribution in [0.1, 0.15) is 13.2 Å². The third-order valence-electron chi connectivity index (χ3n) is 3.53. The molecule has 120 valence electrons. The van der Waals surface area contributed by atoms with Crippen molar-refractivity contribution in [1.29, 1.82) is 0 Å². The van der Waals surface area contributed by atoms with Crippen molar-refractivity contribution in [2.75, 3.05) is 18.5 Å². The molecular weight excluding hydrogens is 405 g/mol. The maximum Gasteiger partial charge on any atom is 0.194 e. The molecule has 9 nitrogen and oxygen atoms in total. The van der Waals surface area contributed by atoms with Crippen LogP contribution >= 0.6 is 22.6 Å². The molecule has 1 saturated heterocycles. The van der Waals surface area contributed by atoms with E-state index in [1.165, 1.54) is 6.33 Å². The minimum Gasteiger partial charge on any atom is -0.394 e. The first-order valence-electron chi connectivity index (χ1n) is 6.83. The molecule has 1 aliphatic heterocycles. The van der Waals surface area contributed by atoms with Gasteiger partial charge in [0.15, 0.2) is 27.0 Å². The molecule has 0 amide bonds. The third-order valence-corrected chi connectivity index (χ3v) is 4.01.